The van der Waals surface area contributed by atoms with Crippen molar-refractivity contribution in [1.29, 1.82) is 0 Å². The lowest BCUT2D eigenvalue weighted by molar-refractivity contribution is -0.136. The van der Waals surface area contributed by atoms with E-state index < -0.39 is 5.60 Å². The number of ether oxygens (including phenoxy) is 2. The number of likely N-dealkylation sites (tertiary alicyclic amines) is 1. The van der Waals surface area contributed by atoms with E-state index in [9.17, 15) is 9.90 Å². The number of rotatable bonds is 5. The van der Waals surface area contributed by atoms with Crippen LogP contribution >= 0.6 is 0 Å². The normalized spacial score (nSPS) is 29.7. The SMILES string of the molecule is COc1ccc(OC)c([C@H]2[C@H]3CCCC[C@@]3(O)CCN2CC(N)=O)c1. The van der Waals surface area contributed by atoms with Gasteiger partial charge in [-0.1, -0.05) is 12.8 Å². The molecular formula is C19H28N2O4. The van der Waals surface area contributed by atoms with Crippen LogP contribution in [-0.2, 0) is 4.79 Å². The molecule has 138 valence electrons. The second-order valence-electron chi connectivity index (χ2n) is 7.20. The van der Waals surface area contributed by atoms with Crippen molar-refractivity contribution in [3.63, 3.8) is 0 Å². The van der Waals surface area contributed by atoms with Gasteiger partial charge in [-0.2, -0.15) is 0 Å². The molecule has 3 atom stereocenters. The third-order valence-corrected chi connectivity index (χ3v) is 5.79. The number of hydrogen-bond acceptors (Lipinski definition) is 5. The molecule has 6 nitrogen and oxygen atoms in total. The van der Waals surface area contributed by atoms with Crippen LogP contribution in [0.1, 0.15) is 43.7 Å². The molecule has 1 heterocycles. The molecule has 1 saturated carbocycles. The number of primary amides is 1. The van der Waals surface area contributed by atoms with Crippen LogP contribution in [0.2, 0.25) is 0 Å². The highest BCUT2D eigenvalue weighted by molar-refractivity contribution is 5.76. The number of aliphatic hydroxyl groups is 1. The average molecular weight is 348 g/mol. The fourth-order valence-corrected chi connectivity index (χ4v) is 4.60. The Morgan fingerprint density at radius 1 is 1.32 bits per heavy atom. The first-order valence-electron chi connectivity index (χ1n) is 8.95. The Morgan fingerprint density at radius 3 is 2.80 bits per heavy atom. The quantitative estimate of drug-likeness (QED) is 0.848. The minimum atomic E-state index is -0.689. The number of amides is 1. The van der Waals surface area contributed by atoms with Gasteiger partial charge in [0.25, 0.3) is 0 Å². The number of methoxy groups -OCH3 is 2. The third kappa shape index (κ3) is 3.46. The number of carbonyl (C=O) groups excluding carboxylic acids is 1. The second kappa shape index (κ2) is 7.22. The molecule has 3 N–H and O–H groups in total. The Morgan fingerprint density at radius 2 is 2.12 bits per heavy atom. The van der Waals surface area contributed by atoms with Crippen molar-refractivity contribution in [2.75, 3.05) is 27.3 Å². The molecule has 0 unspecified atom stereocenters. The van der Waals surface area contributed by atoms with Gasteiger partial charge >= 0.3 is 0 Å². The molecule has 2 fully saturated rings. The summed E-state index contributed by atoms with van der Waals surface area (Å²) < 4.78 is 11.0. The molecule has 6 heteroatoms. The van der Waals surface area contributed by atoms with Crippen molar-refractivity contribution in [2.24, 2.45) is 11.7 Å². The summed E-state index contributed by atoms with van der Waals surface area (Å²) in [6.07, 6.45) is 4.54. The molecule has 1 aromatic rings. The largest absolute Gasteiger partial charge is 0.497 e. The number of carbonyl (C=O) groups is 1. The van der Waals surface area contributed by atoms with Gasteiger partial charge in [0.2, 0.25) is 5.91 Å². The zero-order chi connectivity index (χ0) is 18.0. The van der Waals surface area contributed by atoms with E-state index in [-0.39, 0.29) is 24.4 Å². The van der Waals surface area contributed by atoms with E-state index in [1.54, 1.807) is 14.2 Å². The Kier molecular flexibility index (Phi) is 5.20. The van der Waals surface area contributed by atoms with E-state index in [0.29, 0.717) is 13.0 Å². The molecular weight excluding hydrogens is 320 g/mol. The van der Waals surface area contributed by atoms with Crippen molar-refractivity contribution in [1.82, 2.24) is 4.90 Å². The molecule has 3 rings (SSSR count). The summed E-state index contributed by atoms with van der Waals surface area (Å²) >= 11 is 0. The predicted molar refractivity (Wildman–Crippen MR) is 94.6 cm³/mol. The van der Waals surface area contributed by atoms with Crippen LogP contribution in [0.15, 0.2) is 18.2 Å². The molecule has 1 aromatic carbocycles. The fraction of sp³-hybridized carbons (Fsp3) is 0.632. The van der Waals surface area contributed by atoms with Crippen LogP contribution in [0, 0.1) is 5.92 Å². The molecule has 0 radical (unpaired) electrons. The van der Waals surface area contributed by atoms with E-state index in [1.165, 1.54) is 0 Å². The summed E-state index contributed by atoms with van der Waals surface area (Å²) in [6, 6.07) is 5.58. The molecule has 1 aliphatic heterocycles. The topological polar surface area (TPSA) is 85.0 Å². The number of benzene rings is 1. The van der Waals surface area contributed by atoms with E-state index in [1.807, 2.05) is 18.2 Å². The van der Waals surface area contributed by atoms with Crippen LogP contribution in [-0.4, -0.2) is 48.8 Å². The zero-order valence-corrected chi connectivity index (χ0v) is 15.0. The molecule has 1 amide bonds. The Hall–Kier alpha value is -1.79. The zero-order valence-electron chi connectivity index (χ0n) is 15.0. The van der Waals surface area contributed by atoms with Gasteiger partial charge in [-0.3, -0.25) is 9.69 Å². The Bertz CT molecular complexity index is 636. The van der Waals surface area contributed by atoms with Crippen molar-refractivity contribution in [3.8, 4) is 11.5 Å². The smallest absolute Gasteiger partial charge is 0.231 e. The highest BCUT2D eigenvalue weighted by atomic mass is 16.5. The molecule has 25 heavy (non-hydrogen) atoms. The van der Waals surface area contributed by atoms with Gasteiger partial charge < -0.3 is 20.3 Å². The maximum Gasteiger partial charge on any atom is 0.231 e. The summed E-state index contributed by atoms with van der Waals surface area (Å²) in [5, 5.41) is 11.2. The van der Waals surface area contributed by atoms with Gasteiger partial charge in [0, 0.05) is 24.1 Å². The number of hydrogen-bond donors (Lipinski definition) is 2. The maximum atomic E-state index is 11.6. The van der Waals surface area contributed by atoms with Gasteiger partial charge in [-0.15, -0.1) is 0 Å². The van der Waals surface area contributed by atoms with Crippen molar-refractivity contribution in [3.05, 3.63) is 23.8 Å². The first-order valence-corrected chi connectivity index (χ1v) is 8.95. The second-order valence-corrected chi connectivity index (χ2v) is 7.20. The van der Waals surface area contributed by atoms with E-state index in [2.05, 4.69) is 4.90 Å². The monoisotopic (exact) mass is 348 g/mol. The molecule has 0 spiro atoms. The first kappa shape index (κ1) is 18.0. The Balaban J connectivity index is 2.07. The maximum absolute atomic E-state index is 11.6. The van der Waals surface area contributed by atoms with Crippen LogP contribution in [0.25, 0.3) is 0 Å². The standard InChI is InChI=1S/C19H28N2O4/c1-24-13-6-7-16(25-2)14(11-13)18-15-5-3-4-8-19(15,23)9-10-21(18)12-17(20)22/h6-7,11,15,18,23H,3-5,8-10,12H2,1-2H3,(H2,20,22)/t15-,18+,19-/m1/s1. The van der Waals surface area contributed by atoms with E-state index in [4.69, 9.17) is 15.2 Å². The summed E-state index contributed by atoms with van der Waals surface area (Å²) in [5.41, 5.74) is 5.75. The summed E-state index contributed by atoms with van der Waals surface area (Å²) in [7, 11) is 3.27. The van der Waals surface area contributed by atoms with Gasteiger partial charge in [0.05, 0.1) is 26.4 Å². The summed E-state index contributed by atoms with van der Waals surface area (Å²) in [6.45, 7) is 0.818. The lowest BCUT2D eigenvalue weighted by atomic mass is 9.66. The van der Waals surface area contributed by atoms with Crippen molar-refractivity contribution < 1.29 is 19.4 Å². The third-order valence-electron chi connectivity index (χ3n) is 5.79. The molecule has 1 aliphatic carbocycles. The number of nitrogens with two attached hydrogens (primary N) is 1. The highest BCUT2D eigenvalue weighted by Gasteiger charge is 2.49. The predicted octanol–water partition coefficient (Wildman–Crippen LogP) is 1.86. The molecule has 0 aromatic heterocycles. The molecule has 2 aliphatic rings. The van der Waals surface area contributed by atoms with Gasteiger partial charge in [0.15, 0.2) is 0 Å². The number of nitrogens with zero attached hydrogens (tertiary/aromatic N) is 1. The van der Waals surface area contributed by atoms with Crippen LogP contribution in [0.3, 0.4) is 0 Å². The summed E-state index contributed by atoms with van der Waals surface area (Å²) in [4.78, 5) is 13.7. The van der Waals surface area contributed by atoms with Gasteiger partial charge in [-0.05, 0) is 37.5 Å². The molecule has 0 bridgehead atoms. The van der Waals surface area contributed by atoms with Crippen molar-refractivity contribution in [2.45, 2.75) is 43.7 Å². The minimum absolute atomic E-state index is 0.0513. The minimum Gasteiger partial charge on any atom is -0.497 e. The average Bonchev–Trinajstić information content (AvgIpc) is 2.60. The fourth-order valence-electron chi connectivity index (χ4n) is 4.60. The van der Waals surface area contributed by atoms with E-state index >= 15 is 0 Å². The molecule has 1 saturated heterocycles. The van der Waals surface area contributed by atoms with Crippen molar-refractivity contribution >= 4 is 5.91 Å². The number of fused-ring (bicyclic) bond motifs is 1. The lowest BCUT2D eigenvalue weighted by Crippen LogP contribution is -2.56. The van der Waals surface area contributed by atoms with Gasteiger partial charge in [-0.25, -0.2) is 0 Å². The lowest BCUT2D eigenvalue weighted by Gasteiger charge is -2.52. The van der Waals surface area contributed by atoms with Crippen LogP contribution in [0.4, 0.5) is 0 Å². The highest BCUT2D eigenvalue weighted by Crippen LogP contribution is 2.51. The van der Waals surface area contributed by atoms with E-state index in [0.717, 1.165) is 42.7 Å². The van der Waals surface area contributed by atoms with Crippen LogP contribution < -0.4 is 15.2 Å². The van der Waals surface area contributed by atoms with Gasteiger partial charge in [0.1, 0.15) is 11.5 Å². The number of piperidine rings is 1. The van der Waals surface area contributed by atoms with Crippen LogP contribution in [0.5, 0.6) is 11.5 Å². The Labute approximate surface area is 148 Å². The summed E-state index contributed by atoms with van der Waals surface area (Å²) in [5.74, 6) is 1.18. The first-order chi connectivity index (χ1) is 12.0.